The molecule has 278 valence electrons. The van der Waals surface area contributed by atoms with Gasteiger partial charge in [-0.2, -0.15) is 0 Å². The van der Waals surface area contributed by atoms with E-state index in [4.69, 9.17) is 0 Å². The van der Waals surface area contributed by atoms with Crippen molar-refractivity contribution < 1.29 is 0 Å². The number of thiophene rings is 1. The zero-order chi connectivity index (χ0) is 39.2. The first kappa shape index (κ1) is 35.7. The minimum atomic E-state index is -0.0626. The Morgan fingerprint density at radius 2 is 0.948 bits per heavy atom. The van der Waals surface area contributed by atoms with Gasteiger partial charge in [-0.05, 0) is 91.5 Å². The molecule has 0 atom stereocenters. The summed E-state index contributed by atoms with van der Waals surface area (Å²) in [6, 6.07) is 75.8. The van der Waals surface area contributed by atoms with Crippen LogP contribution >= 0.6 is 11.3 Å². The second-order valence-corrected chi connectivity index (χ2v) is 17.2. The number of para-hydroxylation sites is 1. The monoisotopic (exact) mass is 761 g/mol. The maximum absolute atomic E-state index is 2.52. The van der Waals surface area contributed by atoms with Crippen molar-refractivity contribution in [2.24, 2.45) is 0 Å². The highest BCUT2D eigenvalue weighted by molar-refractivity contribution is 7.25. The molecule has 0 aliphatic heterocycles. The maximum atomic E-state index is 2.52. The molecule has 0 unspecified atom stereocenters. The van der Waals surface area contributed by atoms with Crippen LogP contribution in [0.2, 0.25) is 0 Å². The van der Waals surface area contributed by atoms with Crippen molar-refractivity contribution in [3.05, 3.63) is 212 Å². The quantitative estimate of drug-likeness (QED) is 0.156. The molecule has 0 spiro atoms. The van der Waals surface area contributed by atoms with Crippen LogP contribution in [-0.2, 0) is 5.41 Å². The summed E-state index contributed by atoms with van der Waals surface area (Å²) in [4.78, 5) is 2.52. The van der Waals surface area contributed by atoms with Crippen LogP contribution in [-0.4, -0.2) is 0 Å². The first-order valence-corrected chi connectivity index (χ1v) is 20.9. The summed E-state index contributed by atoms with van der Waals surface area (Å²) in [6.07, 6.45) is 0. The molecule has 58 heavy (non-hydrogen) atoms. The van der Waals surface area contributed by atoms with E-state index >= 15 is 0 Å². The summed E-state index contributed by atoms with van der Waals surface area (Å²) in [5.41, 5.74) is 14.2. The third-order valence-electron chi connectivity index (χ3n) is 11.4. The fraction of sp³-hybridized carbons (Fsp3) is 0.0714. The highest BCUT2D eigenvalue weighted by atomic mass is 32.1. The van der Waals surface area contributed by atoms with E-state index in [1.165, 1.54) is 81.0 Å². The number of fused-ring (bicyclic) bond motifs is 4. The Kier molecular flexibility index (Phi) is 9.00. The molecule has 1 aromatic heterocycles. The van der Waals surface area contributed by atoms with Crippen molar-refractivity contribution in [1.82, 2.24) is 0 Å². The van der Waals surface area contributed by atoms with Crippen molar-refractivity contribution in [2.75, 3.05) is 4.90 Å². The Hall–Kier alpha value is -6.74. The maximum Gasteiger partial charge on any atom is 0.0543 e. The van der Waals surface area contributed by atoms with Gasteiger partial charge in [0.25, 0.3) is 0 Å². The second-order valence-electron chi connectivity index (χ2n) is 16.1. The van der Waals surface area contributed by atoms with Gasteiger partial charge in [-0.25, -0.2) is 0 Å². The molecule has 0 N–H and O–H groups in total. The highest BCUT2D eigenvalue weighted by Gasteiger charge is 2.25. The molecule has 9 aromatic carbocycles. The van der Waals surface area contributed by atoms with Gasteiger partial charge in [-0.1, -0.05) is 191 Å². The molecule has 1 nitrogen and oxygen atoms in total. The van der Waals surface area contributed by atoms with Crippen LogP contribution in [0.5, 0.6) is 0 Å². The molecule has 0 saturated heterocycles. The lowest BCUT2D eigenvalue weighted by molar-refractivity contribution is 0.590. The van der Waals surface area contributed by atoms with E-state index < -0.39 is 0 Å². The van der Waals surface area contributed by atoms with Crippen molar-refractivity contribution in [3.8, 4) is 44.5 Å². The van der Waals surface area contributed by atoms with Crippen LogP contribution in [0.1, 0.15) is 26.3 Å². The lowest BCUT2D eigenvalue weighted by Gasteiger charge is -2.32. The Balaban J connectivity index is 1.27. The summed E-state index contributed by atoms with van der Waals surface area (Å²) < 4.78 is 2.62. The van der Waals surface area contributed by atoms with Crippen molar-refractivity contribution in [1.29, 1.82) is 0 Å². The smallest absolute Gasteiger partial charge is 0.0543 e. The van der Waals surface area contributed by atoms with E-state index in [1.807, 2.05) is 11.3 Å². The molecule has 0 fully saturated rings. The molecule has 0 amide bonds. The van der Waals surface area contributed by atoms with Crippen molar-refractivity contribution >= 4 is 59.3 Å². The third kappa shape index (κ3) is 6.36. The molecular weight excluding hydrogens is 719 g/mol. The largest absolute Gasteiger partial charge is 0.309 e. The van der Waals surface area contributed by atoms with E-state index in [0.717, 1.165) is 17.1 Å². The SMILES string of the molecule is CC(C)(C)c1ccc(-c2ccccc2)c(N(c2cccc(-c3cccc4sc5ccccc5c34)c2)c2ccccc2-c2cccc3cccc(-c4ccccc4)c23)c1. The van der Waals surface area contributed by atoms with E-state index in [9.17, 15) is 0 Å². The predicted octanol–water partition coefficient (Wildman–Crippen LogP) is 16.6. The van der Waals surface area contributed by atoms with Gasteiger partial charge in [0.1, 0.15) is 0 Å². The molecule has 0 radical (unpaired) electrons. The Morgan fingerprint density at radius 1 is 0.379 bits per heavy atom. The van der Waals surface area contributed by atoms with Crippen LogP contribution in [0.3, 0.4) is 0 Å². The minimum absolute atomic E-state index is 0.0626. The number of hydrogen-bond acceptors (Lipinski definition) is 2. The fourth-order valence-electron chi connectivity index (χ4n) is 8.60. The first-order valence-electron chi connectivity index (χ1n) is 20.1. The van der Waals surface area contributed by atoms with Gasteiger partial charge in [0.05, 0.1) is 11.4 Å². The Morgan fingerprint density at radius 3 is 1.71 bits per heavy atom. The van der Waals surface area contributed by atoms with Crippen molar-refractivity contribution in [2.45, 2.75) is 26.2 Å². The van der Waals surface area contributed by atoms with E-state index in [-0.39, 0.29) is 5.41 Å². The van der Waals surface area contributed by atoms with Crippen LogP contribution in [0, 0.1) is 0 Å². The number of benzene rings is 9. The third-order valence-corrected chi connectivity index (χ3v) is 12.6. The molecule has 2 heteroatoms. The summed E-state index contributed by atoms with van der Waals surface area (Å²) in [5.74, 6) is 0. The zero-order valence-electron chi connectivity index (χ0n) is 33.0. The molecule has 0 aliphatic carbocycles. The lowest BCUT2D eigenvalue weighted by atomic mass is 9.85. The van der Waals surface area contributed by atoms with E-state index in [2.05, 4.69) is 232 Å². The summed E-state index contributed by atoms with van der Waals surface area (Å²) >= 11 is 1.87. The van der Waals surface area contributed by atoms with Crippen LogP contribution in [0.15, 0.2) is 206 Å². The zero-order valence-corrected chi connectivity index (χ0v) is 33.8. The molecule has 10 aromatic rings. The molecule has 0 bridgehead atoms. The number of anilines is 3. The number of rotatable bonds is 7. The average molecular weight is 762 g/mol. The number of nitrogens with zero attached hydrogens (tertiary/aromatic N) is 1. The minimum Gasteiger partial charge on any atom is -0.309 e. The summed E-state index contributed by atoms with van der Waals surface area (Å²) in [7, 11) is 0. The standard InChI is InChI=1S/C56H43NS/c1-56(2,3)42-34-35-44(38-18-6-4-7-19-38)51(37-42)57(43-25-14-24-41(36-43)46-29-17-33-53-55(46)49-27-11-13-32-52(49)58-53)50-31-12-10-26-47(50)48-30-16-23-40-22-15-28-45(54(40)48)39-20-8-5-9-21-39/h4-37H,1-3H3. The van der Waals surface area contributed by atoms with Gasteiger partial charge in [-0.3, -0.25) is 0 Å². The lowest BCUT2D eigenvalue weighted by Crippen LogP contribution is -2.16. The average Bonchev–Trinajstić information content (AvgIpc) is 3.66. The van der Waals surface area contributed by atoms with Crippen LogP contribution in [0.4, 0.5) is 17.1 Å². The van der Waals surface area contributed by atoms with E-state index in [0.29, 0.717) is 0 Å². The molecule has 0 saturated carbocycles. The molecular formula is C56H43NS. The molecule has 1 heterocycles. The predicted molar refractivity (Wildman–Crippen MR) is 252 cm³/mol. The van der Waals surface area contributed by atoms with Gasteiger partial charge in [0.2, 0.25) is 0 Å². The highest BCUT2D eigenvalue weighted by Crippen LogP contribution is 2.49. The first-order chi connectivity index (χ1) is 28.4. The Bertz CT molecular complexity index is 3090. The molecule has 10 rings (SSSR count). The van der Waals surface area contributed by atoms with Gasteiger partial charge in [0.15, 0.2) is 0 Å². The normalized spacial score (nSPS) is 11.7. The number of hydrogen-bond donors (Lipinski definition) is 0. The molecule has 0 aliphatic rings. The fourth-order valence-corrected chi connectivity index (χ4v) is 9.73. The summed E-state index contributed by atoms with van der Waals surface area (Å²) in [5, 5.41) is 5.09. The van der Waals surface area contributed by atoms with Gasteiger partial charge in [0, 0.05) is 37.0 Å². The Labute approximate surface area is 345 Å². The second kappa shape index (κ2) is 14.6. The van der Waals surface area contributed by atoms with Gasteiger partial charge in [-0.15, -0.1) is 11.3 Å². The van der Waals surface area contributed by atoms with E-state index in [1.54, 1.807) is 0 Å². The summed E-state index contributed by atoms with van der Waals surface area (Å²) in [6.45, 7) is 6.92. The van der Waals surface area contributed by atoms with Gasteiger partial charge < -0.3 is 4.90 Å². The van der Waals surface area contributed by atoms with Crippen molar-refractivity contribution in [3.63, 3.8) is 0 Å². The van der Waals surface area contributed by atoms with Gasteiger partial charge >= 0.3 is 0 Å². The topological polar surface area (TPSA) is 3.24 Å². The van der Waals surface area contributed by atoms with Crippen LogP contribution in [0.25, 0.3) is 75.5 Å². The van der Waals surface area contributed by atoms with Crippen LogP contribution < -0.4 is 4.90 Å².